The summed E-state index contributed by atoms with van der Waals surface area (Å²) in [5.74, 6) is -2.36. The molecule has 0 saturated heterocycles. The maximum Gasteiger partial charge on any atom is 0.326 e. The van der Waals surface area contributed by atoms with Gasteiger partial charge in [-0.25, -0.2) is 4.79 Å². The van der Waals surface area contributed by atoms with Crippen LogP contribution in [0.3, 0.4) is 0 Å². The van der Waals surface area contributed by atoms with E-state index in [4.69, 9.17) is 16.6 Å². The third-order valence-electron chi connectivity index (χ3n) is 2.57. The van der Waals surface area contributed by atoms with E-state index in [1.165, 1.54) is 0 Å². The van der Waals surface area contributed by atoms with Gasteiger partial charge < -0.3 is 21.9 Å². The molecule has 0 aromatic rings. The number of primary amides is 1. The standard InChI is InChI=1S/C11H21N3O4/c1-3-6-11(2,13)10(18)14-7(9(16)17)4-5-8(12)15/h7H,3-6,13H2,1-2H3,(H2,12,15)(H,14,18)(H,16,17)/t7-,11?/m1/s1. The largest absolute Gasteiger partial charge is 0.480 e. The van der Waals surface area contributed by atoms with E-state index in [2.05, 4.69) is 5.32 Å². The van der Waals surface area contributed by atoms with Crippen molar-refractivity contribution in [2.24, 2.45) is 11.5 Å². The number of rotatable bonds is 8. The molecule has 0 bridgehead atoms. The van der Waals surface area contributed by atoms with Crippen molar-refractivity contribution in [3.05, 3.63) is 0 Å². The number of carboxylic acid groups (broad SMARTS) is 1. The molecule has 0 aliphatic rings. The molecule has 104 valence electrons. The van der Waals surface area contributed by atoms with E-state index in [1.54, 1.807) is 6.92 Å². The van der Waals surface area contributed by atoms with Crippen LogP contribution in [0, 0.1) is 0 Å². The van der Waals surface area contributed by atoms with E-state index >= 15 is 0 Å². The van der Waals surface area contributed by atoms with Crippen LogP contribution in [0.15, 0.2) is 0 Å². The van der Waals surface area contributed by atoms with Crippen molar-refractivity contribution in [2.45, 2.75) is 51.1 Å². The molecule has 7 nitrogen and oxygen atoms in total. The predicted molar refractivity (Wildman–Crippen MR) is 65.5 cm³/mol. The summed E-state index contributed by atoms with van der Waals surface area (Å²) in [5.41, 5.74) is 9.60. The first-order valence-electron chi connectivity index (χ1n) is 5.81. The Morgan fingerprint density at radius 3 is 2.33 bits per heavy atom. The molecule has 0 spiro atoms. The molecule has 18 heavy (non-hydrogen) atoms. The second kappa shape index (κ2) is 6.95. The lowest BCUT2D eigenvalue weighted by Gasteiger charge is -2.25. The van der Waals surface area contributed by atoms with Gasteiger partial charge in [-0.2, -0.15) is 0 Å². The fourth-order valence-corrected chi connectivity index (χ4v) is 1.50. The van der Waals surface area contributed by atoms with Gasteiger partial charge >= 0.3 is 5.97 Å². The Balaban J connectivity index is 4.54. The van der Waals surface area contributed by atoms with Gasteiger partial charge in [0.25, 0.3) is 0 Å². The summed E-state index contributed by atoms with van der Waals surface area (Å²) >= 11 is 0. The van der Waals surface area contributed by atoms with Crippen molar-refractivity contribution < 1.29 is 19.5 Å². The van der Waals surface area contributed by atoms with Gasteiger partial charge in [0, 0.05) is 6.42 Å². The third-order valence-corrected chi connectivity index (χ3v) is 2.57. The second-order valence-corrected chi connectivity index (χ2v) is 4.54. The monoisotopic (exact) mass is 259 g/mol. The molecule has 0 heterocycles. The first-order valence-corrected chi connectivity index (χ1v) is 5.81. The lowest BCUT2D eigenvalue weighted by atomic mass is 9.96. The Bertz CT molecular complexity index is 328. The molecule has 0 aromatic heterocycles. The van der Waals surface area contributed by atoms with Gasteiger partial charge in [-0.1, -0.05) is 13.3 Å². The van der Waals surface area contributed by atoms with E-state index in [0.717, 1.165) is 0 Å². The van der Waals surface area contributed by atoms with Crippen molar-refractivity contribution in [1.82, 2.24) is 5.32 Å². The summed E-state index contributed by atoms with van der Waals surface area (Å²) in [6.45, 7) is 3.42. The Morgan fingerprint density at radius 2 is 1.94 bits per heavy atom. The van der Waals surface area contributed by atoms with Crippen LogP contribution in [-0.2, 0) is 14.4 Å². The highest BCUT2D eigenvalue weighted by molar-refractivity contribution is 5.89. The highest BCUT2D eigenvalue weighted by Crippen LogP contribution is 2.09. The zero-order valence-corrected chi connectivity index (χ0v) is 10.7. The van der Waals surface area contributed by atoms with Crippen LogP contribution in [0.5, 0.6) is 0 Å². The quantitative estimate of drug-likeness (QED) is 0.458. The van der Waals surface area contributed by atoms with Gasteiger partial charge in [0.1, 0.15) is 6.04 Å². The van der Waals surface area contributed by atoms with E-state index < -0.39 is 29.4 Å². The Hall–Kier alpha value is -1.63. The fourth-order valence-electron chi connectivity index (χ4n) is 1.50. The minimum Gasteiger partial charge on any atom is -0.480 e. The van der Waals surface area contributed by atoms with Crippen LogP contribution in [0.2, 0.25) is 0 Å². The molecule has 0 fully saturated rings. The number of carboxylic acids is 1. The summed E-state index contributed by atoms with van der Waals surface area (Å²) in [4.78, 5) is 33.3. The number of aliphatic carboxylic acids is 1. The topological polar surface area (TPSA) is 136 Å². The molecule has 0 aliphatic heterocycles. The summed E-state index contributed by atoms with van der Waals surface area (Å²) in [6, 6.07) is -1.15. The number of nitrogens with one attached hydrogen (secondary N) is 1. The molecule has 6 N–H and O–H groups in total. The van der Waals surface area contributed by atoms with Crippen LogP contribution in [0.25, 0.3) is 0 Å². The lowest BCUT2D eigenvalue weighted by Crippen LogP contribution is -2.55. The van der Waals surface area contributed by atoms with E-state index in [0.29, 0.717) is 12.8 Å². The zero-order valence-electron chi connectivity index (χ0n) is 10.7. The van der Waals surface area contributed by atoms with Crippen molar-refractivity contribution in [3.8, 4) is 0 Å². The third kappa shape index (κ3) is 5.62. The molecule has 0 saturated carbocycles. The normalized spacial score (nSPS) is 15.5. The van der Waals surface area contributed by atoms with Crippen molar-refractivity contribution in [3.63, 3.8) is 0 Å². The lowest BCUT2D eigenvalue weighted by molar-refractivity contribution is -0.143. The number of nitrogens with two attached hydrogens (primary N) is 2. The number of carbonyl (C=O) groups is 3. The van der Waals surface area contributed by atoms with E-state index in [9.17, 15) is 14.4 Å². The molecule has 2 amide bonds. The molecule has 7 heteroatoms. The minimum atomic E-state index is -1.21. The first-order chi connectivity index (χ1) is 8.20. The van der Waals surface area contributed by atoms with Crippen molar-refractivity contribution >= 4 is 17.8 Å². The van der Waals surface area contributed by atoms with Crippen molar-refractivity contribution in [2.75, 3.05) is 0 Å². The van der Waals surface area contributed by atoms with Gasteiger partial charge in [-0.05, 0) is 19.8 Å². The maximum absolute atomic E-state index is 11.8. The molecule has 2 atom stereocenters. The van der Waals surface area contributed by atoms with Gasteiger partial charge in [-0.3, -0.25) is 9.59 Å². The Labute approximate surface area is 106 Å². The average molecular weight is 259 g/mol. The van der Waals surface area contributed by atoms with Crippen LogP contribution in [0.4, 0.5) is 0 Å². The second-order valence-electron chi connectivity index (χ2n) is 4.54. The van der Waals surface area contributed by atoms with Gasteiger partial charge in [0.15, 0.2) is 0 Å². The molecule has 0 radical (unpaired) electrons. The molecular formula is C11H21N3O4. The molecule has 0 aromatic carbocycles. The summed E-state index contributed by atoms with van der Waals surface area (Å²) in [6.07, 6.45) is 1.01. The molecular weight excluding hydrogens is 238 g/mol. The van der Waals surface area contributed by atoms with E-state index in [1.807, 2.05) is 6.92 Å². The van der Waals surface area contributed by atoms with Crippen LogP contribution in [0.1, 0.15) is 39.5 Å². The van der Waals surface area contributed by atoms with Crippen molar-refractivity contribution in [1.29, 1.82) is 0 Å². The van der Waals surface area contributed by atoms with Gasteiger partial charge in [0.2, 0.25) is 11.8 Å². The maximum atomic E-state index is 11.8. The Morgan fingerprint density at radius 1 is 1.39 bits per heavy atom. The highest BCUT2D eigenvalue weighted by Gasteiger charge is 2.31. The van der Waals surface area contributed by atoms with E-state index in [-0.39, 0.29) is 12.8 Å². The predicted octanol–water partition coefficient (Wildman–Crippen LogP) is -0.661. The average Bonchev–Trinajstić information content (AvgIpc) is 2.22. The molecule has 1 unspecified atom stereocenters. The first kappa shape index (κ1) is 16.4. The molecule has 0 rings (SSSR count). The summed E-state index contributed by atoms with van der Waals surface area (Å²) in [7, 11) is 0. The van der Waals surface area contributed by atoms with Crippen LogP contribution < -0.4 is 16.8 Å². The number of amides is 2. The van der Waals surface area contributed by atoms with Crippen LogP contribution in [-0.4, -0.2) is 34.5 Å². The summed E-state index contributed by atoms with van der Waals surface area (Å²) < 4.78 is 0. The summed E-state index contributed by atoms with van der Waals surface area (Å²) in [5, 5.41) is 11.2. The number of carbonyl (C=O) groups excluding carboxylic acids is 2. The van der Waals surface area contributed by atoms with Gasteiger partial charge in [0.05, 0.1) is 5.54 Å². The van der Waals surface area contributed by atoms with Crippen LogP contribution >= 0.6 is 0 Å². The SMILES string of the molecule is CCCC(C)(N)C(=O)N[C@H](CCC(N)=O)C(=O)O. The highest BCUT2D eigenvalue weighted by atomic mass is 16.4. The number of hydrogen-bond donors (Lipinski definition) is 4. The number of hydrogen-bond acceptors (Lipinski definition) is 4. The Kier molecular flexibility index (Phi) is 6.32. The minimum absolute atomic E-state index is 0.0430. The zero-order chi connectivity index (χ0) is 14.3. The fraction of sp³-hybridized carbons (Fsp3) is 0.727. The van der Waals surface area contributed by atoms with Gasteiger partial charge in [-0.15, -0.1) is 0 Å². The smallest absolute Gasteiger partial charge is 0.326 e. The molecule has 0 aliphatic carbocycles.